The third-order valence-electron chi connectivity index (χ3n) is 3.29. The highest BCUT2D eigenvalue weighted by molar-refractivity contribution is 5.81. The SMILES string of the molecule is CC(C)c1nn(C)cc1NCC(=O)N1CCCC1. The third kappa shape index (κ3) is 2.83. The van der Waals surface area contributed by atoms with Crippen molar-refractivity contribution in [2.45, 2.75) is 32.6 Å². The maximum atomic E-state index is 11.9. The smallest absolute Gasteiger partial charge is 0.241 e. The molecule has 1 aromatic heterocycles. The number of carbonyl (C=O) groups is 1. The zero-order valence-electron chi connectivity index (χ0n) is 11.4. The van der Waals surface area contributed by atoms with Crippen LogP contribution in [-0.2, 0) is 11.8 Å². The molecule has 1 aromatic rings. The molecule has 2 heterocycles. The second kappa shape index (κ2) is 5.42. The molecule has 1 N–H and O–H groups in total. The number of hydrogen-bond donors (Lipinski definition) is 1. The van der Waals surface area contributed by atoms with Gasteiger partial charge in [0.2, 0.25) is 5.91 Å². The largest absolute Gasteiger partial charge is 0.373 e. The lowest BCUT2D eigenvalue weighted by atomic mass is 10.1. The zero-order valence-corrected chi connectivity index (χ0v) is 11.4. The first-order valence-corrected chi connectivity index (χ1v) is 6.63. The Morgan fingerprint density at radius 3 is 2.72 bits per heavy atom. The second-order valence-corrected chi connectivity index (χ2v) is 5.20. The second-order valence-electron chi connectivity index (χ2n) is 5.20. The van der Waals surface area contributed by atoms with E-state index in [1.165, 1.54) is 0 Å². The molecule has 0 aliphatic carbocycles. The number of amides is 1. The van der Waals surface area contributed by atoms with E-state index in [0.29, 0.717) is 12.5 Å². The van der Waals surface area contributed by atoms with Crippen LogP contribution in [-0.4, -0.2) is 40.2 Å². The van der Waals surface area contributed by atoms with Crippen molar-refractivity contribution >= 4 is 11.6 Å². The molecule has 0 bridgehead atoms. The quantitative estimate of drug-likeness (QED) is 0.882. The van der Waals surface area contributed by atoms with Crippen LogP contribution in [0.5, 0.6) is 0 Å². The van der Waals surface area contributed by atoms with Gasteiger partial charge in [-0.25, -0.2) is 0 Å². The van der Waals surface area contributed by atoms with Crippen molar-refractivity contribution in [1.29, 1.82) is 0 Å². The summed E-state index contributed by atoms with van der Waals surface area (Å²) in [6.45, 7) is 6.40. The highest BCUT2D eigenvalue weighted by atomic mass is 16.2. The predicted molar refractivity (Wildman–Crippen MR) is 71.6 cm³/mol. The topological polar surface area (TPSA) is 50.2 Å². The maximum Gasteiger partial charge on any atom is 0.241 e. The Labute approximate surface area is 108 Å². The lowest BCUT2D eigenvalue weighted by Crippen LogP contribution is -2.33. The van der Waals surface area contributed by atoms with Gasteiger partial charge in [0.15, 0.2) is 0 Å². The van der Waals surface area contributed by atoms with Gasteiger partial charge in [-0.1, -0.05) is 13.8 Å². The summed E-state index contributed by atoms with van der Waals surface area (Å²) < 4.78 is 1.79. The third-order valence-corrected chi connectivity index (χ3v) is 3.29. The molecule has 0 atom stereocenters. The summed E-state index contributed by atoms with van der Waals surface area (Å²) in [6.07, 6.45) is 4.21. The number of hydrogen-bond acceptors (Lipinski definition) is 3. The number of likely N-dealkylation sites (tertiary alicyclic amines) is 1. The van der Waals surface area contributed by atoms with Crippen LogP contribution in [0.4, 0.5) is 5.69 Å². The molecule has 1 saturated heterocycles. The Morgan fingerprint density at radius 2 is 2.11 bits per heavy atom. The molecule has 0 spiro atoms. The molecule has 1 aliphatic heterocycles. The number of aryl methyl sites for hydroxylation is 1. The summed E-state index contributed by atoms with van der Waals surface area (Å²) in [5, 5.41) is 7.63. The summed E-state index contributed by atoms with van der Waals surface area (Å²) in [7, 11) is 1.90. The summed E-state index contributed by atoms with van der Waals surface area (Å²) in [5.41, 5.74) is 1.99. The Morgan fingerprint density at radius 1 is 1.44 bits per heavy atom. The van der Waals surface area contributed by atoms with E-state index in [1.54, 1.807) is 4.68 Å². The number of nitrogens with zero attached hydrogens (tertiary/aromatic N) is 3. The van der Waals surface area contributed by atoms with Crippen LogP contribution in [0.3, 0.4) is 0 Å². The normalized spacial score (nSPS) is 15.4. The van der Waals surface area contributed by atoms with Crippen LogP contribution in [0.15, 0.2) is 6.20 Å². The first-order chi connectivity index (χ1) is 8.58. The fourth-order valence-corrected chi connectivity index (χ4v) is 2.32. The van der Waals surface area contributed by atoms with Crippen molar-refractivity contribution in [2.24, 2.45) is 7.05 Å². The van der Waals surface area contributed by atoms with Crippen molar-refractivity contribution in [1.82, 2.24) is 14.7 Å². The lowest BCUT2D eigenvalue weighted by Gasteiger charge is -2.16. The molecule has 0 unspecified atom stereocenters. The van der Waals surface area contributed by atoms with Crippen molar-refractivity contribution in [3.05, 3.63) is 11.9 Å². The average Bonchev–Trinajstić information content (AvgIpc) is 2.94. The molecule has 0 aromatic carbocycles. The minimum absolute atomic E-state index is 0.186. The van der Waals surface area contributed by atoms with E-state index >= 15 is 0 Å². The van der Waals surface area contributed by atoms with Crippen molar-refractivity contribution in [2.75, 3.05) is 25.0 Å². The van der Waals surface area contributed by atoms with Gasteiger partial charge in [-0.15, -0.1) is 0 Å². The molecule has 5 heteroatoms. The van der Waals surface area contributed by atoms with Crippen molar-refractivity contribution in [3.8, 4) is 0 Å². The van der Waals surface area contributed by atoms with Crippen LogP contribution < -0.4 is 5.32 Å². The van der Waals surface area contributed by atoms with Crippen LogP contribution in [0, 0.1) is 0 Å². The number of carbonyl (C=O) groups excluding carboxylic acids is 1. The number of aromatic nitrogens is 2. The van der Waals surface area contributed by atoms with Gasteiger partial charge in [0.25, 0.3) is 0 Å². The molecule has 1 amide bonds. The van der Waals surface area contributed by atoms with Crippen molar-refractivity contribution in [3.63, 3.8) is 0 Å². The number of rotatable bonds is 4. The van der Waals surface area contributed by atoms with Crippen LogP contribution in [0.2, 0.25) is 0 Å². The Bertz CT molecular complexity index is 419. The van der Waals surface area contributed by atoms with E-state index < -0.39 is 0 Å². The molecule has 5 nitrogen and oxygen atoms in total. The molecular weight excluding hydrogens is 228 g/mol. The summed E-state index contributed by atoms with van der Waals surface area (Å²) in [6, 6.07) is 0. The van der Waals surface area contributed by atoms with Gasteiger partial charge in [-0.2, -0.15) is 5.10 Å². The Kier molecular flexibility index (Phi) is 3.89. The summed E-state index contributed by atoms with van der Waals surface area (Å²) in [5.74, 6) is 0.543. The van der Waals surface area contributed by atoms with E-state index in [-0.39, 0.29) is 5.91 Å². The summed E-state index contributed by atoms with van der Waals surface area (Å²) >= 11 is 0. The minimum atomic E-state index is 0.186. The maximum absolute atomic E-state index is 11.9. The average molecular weight is 250 g/mol. The first-order valence-electron chi connectivity index (χ1n) is 6.63. The van der Waals surface area contributed by atoms with Crippen LogP contribution in [0.1, 0.15) is 38.3 Å². The highest BCUT2D eigenvalue weighted by Crippen LogP contribution is 2.21. The van der Waals surface area contributed by atoms with Gasteiger partial charge in [0.05, 0.1) is 17.9 Å². The Balaban J connectivity index is 1.95. The zero-order chi connectivity index (χ0) is 13.1. The fraction of sp³-hybridized carbons (Fsp3) is 0.692. The number of anilines is 1. The van der Waals surface area contributed by atoms with E-state index in [4.69, 9.17) is 0 Å². The standard InChI is InChI=1S/C13H22N4O/c1-10(2)13-11(9-16(3)15-13)14-8-12(18)17-6-4-5-7-17/h9-10,14H,4-8H2,1-3H3. The van der Waals surface area contributed by atoms with Gasteiger partial charge in [-0.05, 0) is 18.8 Å². The highest BCUT2D eigenvalue weighted by Gasteiger charge is 2.18. The van der Waals surface area contributed by atoms with E-state index in [1.807, 2.05) is 18.1 Å². The summed E-state index contributed by atoms with van der Waals surface area (Å²) in [4.78, 5) is 13.9. The lowest BCUT2D eigenvalue weighted by molar-refractivity contribution is -0.128. The fourth-order valence-electron chi connectivity index (χ4n) is 2.32. The molecule has 1 fully saturated rings. The molecule has 0 saturated carbocycles. The molecular formula is C13H22N4O. The van der Waals surface area contributed by atoms with Crippen LogP contribution >= 0.6 is 0 Å². The first kappa shape index (κ1) is 12.9. The van der Waals surface area contributed by atoms with Crippen LogP contribution in [0.25, 0.3) is 0 Å². The van der Waals surface area contributed by atoms with Gasteiger partial charge in [-0.3, -0.25) is 9.48 Å². The van der Waals surface area contributed by atoms with Gasteiger partial charge >= 0.3 is 0 Å². The number of nitrogens with one attached hydrogen (secondary N) is 1. The van der Waals surface area contributed by atoms with Crippen molar-refractivity contribution < 1.29 is 4.79 Å². The molecule has 1 aliphatic rings. The molecule has 2 rings (SSSR count). The molecule has 100 valence electrons. The van der Waals surface area contributed by atoms with Gasteiger partial charge in [0, 0.05) is 26.3 Å². The monoisotopic (exact) mass is 250 g/mol. The van der Waals surface area contributed by atoms with E-state index in [9.17, 15) is 4.79 Å². The minimum Gasteiger partial charge on any atom is -0.373 e. The van der Waals surface area contributed by atoms with E-state index in [2.05, 4.69) is 24.3 Å². The molecule has 18 heavy (non-hydrogen) atoms. The Hall–Kier alpha value is -1.52. The predicted octanol–water partition coefficient (Wildman–Crippen LogP) is 1.58. The van der Waals surface area contributed by atoms with E-state index in [0.717, 1.165) is 37.3 Å². The molecule has 0 radical (unpaired) electrons. The van der Waals surface area contributed by atoms with Gasteiger partial charge in [0.1, 0.15) is 0 Å². The van der Waals surface area contributed by atoms with Gasteiger partial charge < -0.3 is 10.2 Å².